The molecule has 0 atom stereocenters. The fraction of sp³-hybridized carbons (Fsp3) is 0.400. The summed E-state index contributed by atoms with van der Waals surface area (Å²) < 4.78 is 10.1. The summed E-state index contributed by atoms with van der Waals surface area (Å²) in [5, 5.41) is 0. The summed E-state index contributed by atoms with van der Waals surface area (Å²) >= 11 is 0. The second-order valence-electron chi connectivity index (χ2n) is 3.20. The lowest BCUT2D eigenvalue weighted by Gasteiger charge is -2.08. The van der Waals surface area contributed by atoms with E-state index < -0.39 is 5.91 Å². The van der Waals surface area contributed by atoms with Crippen LogP contribution in [0.15, 0.2) is 12.3 Å². The maximum atomic E-state index is 10.7. The predicted octanol–water partition coefficient (Wildman–Crippen LogP) is -0.283. The van der Waals surface area contributed by atoms with Gasteiger partial charge in [-0.3, -0.25) is 9.78 Å². The van der Waals surface area contributed by atoms with Crippen LogP contribution < -0.4 is 16.2 Å². The molecule has 0 aliphatic heterocycles. The van der Waals surface area contributed by atoms with Crippen molar-refractivity contribution < 1.29 is 14.3 Å². The Kier molecular flexibility index (Phi) is 4.53. The first-order valence-corrected chi connectivity index (χ1v) is 4.78. The molecule has 6 nitrogen and oxygen atoms in total. The van der Waals surface area contributed by atoms with Gasteiger partial charge in [-0.15, -0.1) is 0 Å². The highest BCUT2D eigenvalue weighted by Gasteiger charge is 2.05. The largest absolute Gasteiger partial charge is 0.487 e. The number of carbonyl (C=O) groups is 1. The zero-order chi connectivity index (χ0) is 12.0. The third kappa shape index (κ3) is 3.74. The normalized spacial score (nSPS) is 10.1. The number of nitrogen functional groups attached to an aromatic ring is 1. The van der Waals surface area contributed by atoms with Crippen molar-refractivity contribution in [2.24, 2.45) is 5.73 Å². The second kappa shape index (κ2) is 5.92. The van der Waals surface area contributed by atoms with Crippen LogP contribution in [0.4, 0.5) is 5.69 Å². The number of anilines is 1. The summed E-state index contributed by atoms with van der Waals surface area (Å²) in [7, 11) is 1.58. The number of hydrogen-bond acceptors (Lipinski definition) is 5. The smallest absolute Gasteiger partial charge is 0.223 e. The number of nitrogens with two attached hydrogens (primary N) is 2. The van der Waals surface area contributed by atoms with Crippen LogP contribution in [0.5, 0.6) is 5.75 Å². The van der Waals surface area contributed by atoms with Crippen LogP contribution in [0.25, 0.3) is 0 Å². The molecule has 1 aromatic rings. The van der Waals surface area contributed by atoms with Gasteiger partial charge in [0.1, 0.15) is 6.61 Å². The Morgan fingerprint density at radius 1 is 1.50 bits per heavy atom. The zero-order valence-electron chi connectivity index (χ0n) is 9.10. The number of rotatable bonds is 6. The Bertz CT molecular complexity index is 368. The molecule has 0 aromatic carbocycles. The molecular weight excluding hydrogens is 210 g/mol. The monoisotopic (exact) mass is 225 g/mol. The van der Waals surface area contributed by atoms with E-state index in [0.717, 1.165) is 0 Å². The Labute approximate surface area is 93.5 Å². The molecule has 1 amide bonds. The number of nitrogens with zero attached hydrogens (tertiary/aromatic N) is 1. The van der Waals surface area contributed by atoms with Gasteiger partial charge in [-0.25, -0.2) is 0 Å². The third-order valence-corrected chi connectivity index (χ3v) is 1.85. The minimum absolute atomic E-state index is 0.0720. The van der Waals surface area contributed by atoms with E-state index in [-0.39, 0.29) is 6.42 Å². The molecule has 6 heteroatoms. The van der Waals surface area contributed by atoms with E-state index in [4.69, 9.17) is 20.9 Å². The Morgan fingerprint density at radius 3 is 2.81 bits per heavy atom. The summed E-state index contributed by atoms with van der Waals surface area (Å²) in [5.74, 6) is 0.0326. The van der Waals surface area contributed by atoms with E-state index in [0.29, 0.717) is 30.3 Å². The van der Waals surface area contributed by atoms with Crippen LogP contribution in [0.3, 0.4) is 0 Å². The lowest BCUT2D eigenvalue weighted by Crippen LogP contribution is -2.15. The summed E-state index contributed by atoms with van der Waals surface area (Å²) in [6.07, 6.45) is 1.55. The van der Waals surface area contributed by atoms with Gasteiger partial charge in [-0.05, 0) is 6.07 Å². The first-order valence-electron chi connectivity index (χ1n) is 4.78. The number of pyridine rings is 1. The van der Waals surface area contributed by atoms with Gasteiger partial charge in [0, 0.05) is 7.11 Å². The van der Waals surface area contributed by atoms with Crippen LogP contribution in [0.1, 0.15) is 5.69 Å². The van der Waals surface area contributed by atoms with E-state index in [2.05, 4.69) is 4.98 Å². The molecule has 16 heavy (non-hydrogen) atoms. The van der Waals surface area contributed by atoms with Crippen LogP contribution in [-0.4, -0.2) is 31.2 Å². The molecule has 0 saturated carbocycles. The van der Waals surface area contributed by atoms with E-state index in [9.17, 15) is 4.79 Å². The van der Waals surface area contributed by atoms with Gasteiger partial charge in [0.2, 0.25) is 5.91 Å². The van der Waals surface area contributed by atoms with Gasteiger partial charge in [0.25, 0.3) is 0 Å². The van der Waals surface area contributed by atoms with E-state index in [1.165, 1.54) is 6.20 Å². The average Bonchev–Trinajstić information content (AvgIpc) is 2.20. The zero-order valence-corrected chi connectivity index (χ0v) is 9.10. The minimum atomic E-state index is -0.444. The van der Waals surface area contributed by atoms with E-state index in [1.54, 1.807) is 13.2 Å². The highest BCUT2D eigenvalue weighted by molar-refractivity contribution is 5.76. The van der Waals surface area contributed by atoms with Crippen molar-refractivity contribution in [2.75, 3.05) is 26.1 Å². The number of ether oxygens (including phenoxy) is 2. The van der Waals surface area contributed by atoms with Crippen LogP contribution in [-0.2, 0) is 16.0 Å². The van der Waals surface area contributed by atoms with Crippen LogP contribution in [0, 0.1) is 0 Å². The quantitative estimate of drug-likeness (QED) is 0.648. The number of hydrogen-bond donors (Lipinski definition) is 2. The topological polar surface area (TPSA) is 100 Å². The Balaban J connectivity index is 2.64. The van der Waals surface area contributed by atoms with Crippen molar-refractivity contribution in [3.8, 4) is 5.75 Å². The van der Waals surface area contributed by atoms with Gasteiger partial charge in [0.05, 0.1) is 30.6 Å². The maximum Gasteiger partial charge on any atom is 0.223 e. The number of amides is 1. The summed E-state index contributed by atoms with van der Waals surface area (Å²) in [5.41, 5.74) is 11.7. The molecule has 1 aromatic heterocycles. The van der Waals surface area contributed by atoms with Crippen molar-refractivity contribution in [3.63, 3.8) is 0 Å². The predicted molar refractivity (Wildman–Crippen MR) is 58.9 cm³/mol. The van der Waals surface area contributed by atoms with Crippen molar-refractivity contribution in [1.82, 2.24) is 4.98 Å². The first-order chi connectivity index (χ1) is 7.63. The summed E-state index contributed by atoms with van der Waals surface area (Å²) in [6.45, 7) is 0.875. The van der Waals surface area contributed by atoms with E-state index >= 15 is 0 Å². The van der Waals surface area contributed by atoms with Gasteiger partial charge < -0.3 is 20.9 Å². The summed E-state index contributed by atoms with van der Waals surface area (Å²) in [4.78, 5) is 14.7. The number of aromatic nitrogens is 1. The lowest BCUT2D eigenvalue weighted by atomic mass is 10.2. The molecule has 0 bridgehead atoms. The molecule has 1 heterocycles. The van der Waals surface area contributed by atoms with Gasteiger partial charge in [0.15, 0.2) is 5.75 Å². The third-order valence-electron chi connectivity index (χ3n) is 1.85. The SMILES string of the molecule is COCCOc1cnc(CC(N)=O)cc1N. The second-order valence-corrected chi connectivity index (χ2v) is 3.20. The molecule has 0 aliphatic carbocycles. The molecule has 0 unspecified atom stereocenters. The molecule has 1 rings (SSSR count). The van der Waals surface area contributed by atoms with Crippen LogP contribution >= 0.6 is 0 Å². The van der Waals surface area contributed by atoms with Crippen LogP contribution in [0.2, 0.25) is 0 Å². The van der Waals surface area contributed by atoms with Gasteiger partial charge in [-0.1, -0.05) is 0 Å². The average molecular weight is 225 g/mol. The molecule has 0 radical (unpaired) electrons. The molecular formula is C10H15N3O3. The van der Waals surface area contributed by atoms with Crippen molar-refractivity contribution in [1.29, 1.82) is 0 Å². The van der Waals surface area contributed by atoms with Crippen molar-refractivity contribution in [3.05, 3.63) is 18.0 Å². The van der Waals surface area contributed by atoms with Gasteiger partial charge >= 0.3 is 0 Å². The molecule has 0 spiro atoms. The summed E-state index contributed by atoms with van der Waals surface area (Å²) in [6, 6.07) is 1.58. The first kappa shape index (κ1) is 12.3. The Hall–Kier alpha value is -1.82. The molecule has 0 fully saturated rings. The van der Waals surface area contributed by atoms with Gasteiger partial charge in [-0.2, -0.15) is 0 Å². The molecule has 0 aliphatic rings. The lowest BCUT2D eigenvalue weighted by molar-refractivity contribution is -0.117. The fourth-order valence-corrected chi connectivity index (χ4v) is 1.13. The Morgan fingerprint density at radius 2 is 2.25 bits per heavy atom. The number of primary amides is 1. The number of methoxy groups -OCH3 is 1. The molecule has 88 valence electrons. The fourth-order valence-electron chi connectivity index (χ4n) is 1.13. The van der Waals surface area contributed by atoms with Crippen molar-refractivity contribution in [2.45, 2.75) is 6.42 Å². The maximum absolute atomic E-state index is 10.7. The van der Waals surface area contributed by atoms with Crippen molar-refractivity contribution >= 4 is 11.6 Å². The minimum Gasteiger partial charge on any atom is -0.487 e. The highest BCUT2D eigenvalue weighted by Crippen LogP contribution is 2.20. The van der Waals surface area contributed by atoms with E-state index in [1.807, 2.05) is 0 Å². The highest BCUT2D eigenvalue weighted by atomic mass is 16.5. The number of carbonyl (C=O) groups excluding carboxylic acids is 1. The molecule has 4 N–H and O–H groups in total. The standard InChI is InChI=1S/C10H15N3O3/c1-15-2-3-16-9-6-13-7(4-8(9)11)5-10(12)14/h4,6H,2-3,5H2,1H3,(H2,11,13)(H2,12,14). The molecule has 0 saturated heterocycles.